The molecule has 0 fully saturated rings. The second-order valence-electron chi connectivity index (χ2n) is 5.79. The van der Waals surface area contributed by atoms with Crippen LogP contribution >= 0.6 is 24.0 Å². The Balaban J connectivity index is 0.00000261. The average Bonchev–Trinajstić information content (AvgIpc) is 2.91. The van der Waals surface area contributed by atoms with E-state index in [0.29, 0.717) is 16.7 Å². The summed E-state index contributed by atoms with van der Waals surface area (Å²) in [4.78, 5) is 21.9. The molecule has 1 amide bonds. The highest BCUT2D eigenvalue weighted by Crippen LogP contribution is 2.34. The van der Waals surface area contributed by atoms with E-state index in [1.165, 1.54) is 18.5 Å². The van der Waals surface area contributed by atoms with E-state index < -0.39 is 18.8 Å². The van der Waals surface area contributed by atoms with Gasteiger partial charge in [-0.15, -0.1) is 12.4 Å². The number of ether oxygens (including phenoxy) is 1. The number of hydrogen-bond donors (Lipinski definition) is 1. The molecule has 0 spiro atoms. The third-order valence-corrected chi connectivity index (χ3v) is 4.33. The molecule has 0 aliphatic carbocycles. The number of halogens is 5. The number of nitrogens with two attached hydrogens (primary N) is 1. The van der Waals surface area contributed by atoms with E-state index in [2.05, 4.69) is 14.7 Å². The molecule has 0 bridgehead atoms. The van der Waals surface area contributed by atoms with Crippen molar-refractivity contribution in [2.24, 2.45) is 0 Å². The van der Waals surface area contributed by atoms with E-state index in [-0.39, 0.29) is 41.6 Å². The van der Waals surface area contributed by atoms with Crippen molar-refractivity contribution >= 4 is 35.7 Å². The number of nitrogens with zero attached hydrogens (tertiary/aromatic N) is 3. The number of anilines is 1. The highest BCUT2D eigenvalue weighted by molar-refractivity contribution is 6.31. The molecule has 1 aliphatic heterocycles. The number of carbonyl (C=O) groups is 1. The van der Waals surface area contributed by atoms with Gasteiger partial charge in [0.2, 0.25) is 5.88 Å². The molecule has 3 rings (SSSR count). The fourth-order valence-electron chi connectivity index (χ4n) is 2.69. The molecule has 0 saturated heterocycles. The zero-order chi connectivity index (χ0) is 19.1. The number of amides is 1. The number of fused-ring (bicyclic) bond motifs is 1. The lowest BCUT2D eigenvalue weighted by molar-refractivity contribution is -0.154. The van der Waals surface area contributed by atoms with Crippen molar-refractivity contribution in [2.75, 3.05) is 12.3 Å². The SMILES string of the molecule is CC(c1cnc(OCC(F)(F)F)c(Cl)c1)N1Cc2c(ccnc2N)C1=O.Cl. The first-order valence-electron chi connectivity index (χ1n) is 7.56. The molecule has 146 valence electrons. The minimum absolute atomic E-state index is 0. The van der Waals surface area contributed by atoms with Gasteiger partial charge in [-0.3, -0.25) is 4.79 Å². The summed E-state index contributed by atoms with van der Waals surface area (Å²) < 4.78 is 41.3. The van der Waals surface area contributed by atoms with Gasteiger partial charge in [-0.05, 0) is 24.6 Å². The fourth-order valence-corrected chi connectivity index (χ4v) is 2.92. The van der Waals surface area contributed by atoms with Crippen LogP contribution in [0.4, 0.5) is 19.0 Å². The summed E-state index contributed by atoms with van der Waals surface area (Å²) >= 11 is 5.97. The van der Waals surface area contributed by atoms with Crippen molar-refractivity contribution in [1.29, 1.82) is 0 Å². The second-order valence-corrected chi connectivity index (χ2v) is 6.20. The van der Waals surface area contributed by atoms with E-state index in [1.807, 2.05) is 0 Å². The van der Waals surface area contributed by atoms with Crippen molar-refractivity contribution < 1.29 is 22.7 Å². The third-order valence-electron chi connectivity index (χ3n) is 4.06. The predicted octanol–water partition coefficient (Wildman–Crippen LogP) is 3.79. The van der Waals surface area contributed by atoms with Crippen LogP contribution in [0.3, 0.4) is 0 Å². The van der Waals surface area contributed by atoms with Crippen LogP contribution in [-0.4, -0.2) is 33.6 Å². The molecule has 6 nitrogen and oxygen atoms in total. The molecule has 11 heteroatoms. The Morgan fingerprint density at radius 1 is 1.41 bits per heavy atom. The molecule has 2 N–H and O–H groups in total. The monoisotopic (exact) mass is 422 g/mol. The van der Waals surface area contributed by atoms with Crippen molar-refractivity contribution in [3.63, 3.8) is 0 Å². The normalized spacial score (nSPS) is 14.6. The molecule has 0 saturated carbocycles. The zero-order valence-electron chi connectivity index (χ0n) is 14.0. The van der Waals surface area contributed by atoms with Gasteiger partial charge in [0.25, 0.3) is 5.91 Å². The maximum atomic E-state index is 12.6. The Bertz CT molecular complexity index is 864. The van der Waals surface area contributed by atoms with Crippen molar-refractivity contribution in [2.45, 2.75) is 25.7 Å². The van der Waals surface area contributed by atoms with Crippen molar-refractivity contribution in [3.8, 4) is 5.88 Å². The standard InChI is InChI=1S/C16H14ClF3N4O2.ClH/c1-8(24-6-11-10(15(24)25)2-3-22-13(11)21)9-4-12(17)14(23-5-9)26-7-16(18,19)20;/h2-5,8H,6-7H2,1H3,(H2,21,22);1H. The van der Waals surface area contributed by atoms with Crippen molar-refractivity contribution in [3.05, 3.63) is 46.2 Å². The van der Waals surface area contributed by atoms with Gasteiger partial charge in [-0.1, -0.05) is 11.6 Å². The van der Waals surface area contributed by atoms with Gasteiger partial charge < -0.3 is 15.4 Å². The third kappa shape index (κ3) is 4.36. The Labute approximate surface area is 163 Å². The van der Waals surface area contributed by atoms with E-state index in [4.69, 9.17) is 17.3 Å². The van der Waals surface area contributed by atoms with E-state index in [0.717, 1.165) is 0 Å². The first-order valence-corrected chi connectivity index (χ1v) is 7.94. The van der Waals surface area contributed by atoms with Gasteiger partial charge in [-0.2, -0.15) is 13.2 Å². The molecule has 0 aromatic carbocycles. The summed E-state index contributed by atoms with van der Waals surface area (Å²) in [7, 11) is 0. The molecule has 1 aliphatic rings. The Hall–Kier alpha value is -2.26. The number of nitrogen functional groups attached to an aromatic ring is 1. The highest BCUT2D eigenvalue weighted by Gasteiger charge is 2.33. The summed E-state index contributed by atoms with van der Waals surface area (Å²) in [6, 6.07) is 2.61. The van der Waals surface area contributed by atoms with Crippen LogP contribution in [0.25, 0.3) is 0 Å². The zero-order valence-corrected chi connectivity index (χ0v) is 15.5. The molecule has 2 aromatic rings. The van der Waals surface area contributed by atoms with Crippen LogP contribution in [0, 0.1) is 0 Å². The van der Waals surface area contributed by atoms with Crippen LogP contribution in [0.1, 0.15) is 34.5 Å². The topological polar surface area (TPSA) is 81.3 Å². The Morgan fingerprint density at radius 3 is 2.70 bits per heavy atom. The first-order chi connectivity index (χ1) is 12.2. The lowest BCUT2D eigenvalue weighted by atomic mass is 10.1. The summed E-state index contributed by atoms with van der Waals surface area (Å²) in [6.07, 6.45) is -1.69. The molecule has 2 aromatic heterocycles. The van der Waals surface area contributed by atoms with Gasteiger partial charge in [0, 0.05) is 23.5 Å². The lowest BCUT2D eigenvalue weighted by Gasteiger charge is -2.24. The number of hydrogen-bond acceptors (Lipinski definition) is 5. The molecule has 27 heavy (non-hydrogen) atoms. The maximum Gasteiger partial charge on any atom is 0.422 e. The van der Waals surface area contributed by atoms with Gasteiger partial charge in [0.15, 0.2) is 6.61 Å². The van der Waals surface area contributed by atoms with E-state index >= 15 is 0 Å². The summed E-state index contributed by atoms with van der Waals surface area (Å²) in [6.45, 7) is 0.552. The van der Waals surface area contributed by atoms with Gasteiger partial charge in [0.1, 0.15) is 10.8 Å². The smallest absolute Gasteiger partial charge is 0.422 e. The number of carbonyl (C=O) groups excluding carboxylic acids is 1. The molecular weight excluding hydrogens is 408 g/mol. The van der Waals surface area contributed by atoms with E-state index in [1.54, 1.807) is 17.9 Å². The maximum absolute atomic E-state index is 12.6. The largest absolute Gasteiger partial charge is 0.467 e. The average molecular weight is 423 g/mol. The highest BCUT2D eigenvalue weighted by atomic mass is 35.5. The molecule has 0 radical (unpaired) electrons. The van der Waals surface area contributed by atoms with Crippen LogP contribution in [0.5, 0.6) is 5.88 Å². The molecule has 3 heterocycles. The van der Waals surface area contributed by atoms with E-state index in [9.17, 15) is 18.0 Å². The summed E-state index contributed by atoms with van der Waals surface area (Å²) in [5, 5.41) is -0.0658. The second kappa shape index (κ2) is 7.77. The lowest BCUT2D eigenvalue weighted by Crippen LogP contribution is -2.27. The van der Waals surface area contributed by atoms with Gasteiger partial charge in [0.05, 0.1) is 12.6 Å². The minimum Gasteiger partial charge on any atom is -0.467 e. The summed E-state index contributed by atoms with van der Waals surface area (Å²) in [5.74, 6) is -0.239. The van der Waals surface area contributed by atoms with Crippen molar-refractivity contribution in [1.82, 2.24) is 14.9 Å². The molecule has 1 unspecified atom stereocenters. The number of aromatic nitrogens is 2. The first kappa shape index (κ1) is 21.0. The van der Waals surface area contributed by atoms with Crippen LogP contribution in [0.15, 0.2) is 24.5 Å². The Morgan fingerprint density at radius 2 is 2.11 bits per heavy atom. The van der Waals surface area contributed by atoms with Gasteiger partial charge >= 0.3 is 6.18 Å². The molecule has 1 atom stereocenters. The predicted molar refractivity (Wildman–Crippen MR) is 95.0 cm³/mol. The number of alkyl halides is 3. The number of pyridine rings is 2. The van der Waals surface area contributed by atoms with Crippen LogP contribution in [0.2, 0.25) is 5.02 Å². The minimum atomic E-state index is -4.49. The summed E-state index contributed by atoms with van der Waals surface area (Å²) in [5.41, 5.74) is 7.50. The van der Waals surface area contributed by atoms with Crippen LogP contribution in [-0.2, 0) is 6.54 Å². The van der Waals surface area contributed by atoms with Gasteiger partial charge in [-0.25, -0.2) is 9.97 Å². The molecular formula is C16H15Cl2F3N4O2. The number of rotatable bonds is 4. The fraction of sp³-hybridized carbons (Fsp3) is 0.312. The van der Waals surface area contributed by atoms with Crippen LogP contribution < -0.4 is 10.5 Å². The Kier molecular flexibility index (Phi) is 6.06. The quantitative estimate of drug-likeness (QED) is 0.810.